The Balaban J connectivity index is 2.24. The summed E-state index contributed by atoms with van der Waals surface area (Å²) in [5, 5.41) is 0. The fourth-order valence-electron chi connectivity index (χ4n) is 2.36. The van der Waals surface area contributed by atoms with Gasteiger partial charge in [-0.25, -0.2) is 4.98 Å². The molecule has 1 aliphatic heterocycles. The van der Waals surface area contributed by atoms with Crippen molar-refractivity contribution in [3.63, 3.8) is 0 Å². The van der Waals surface area contributed by atoms with Crippen LogP contribution in [0, 0.1) is 6.92 Å². The summed E-state index contributed by atoms with van der Waals surface area (Å²) in [7, 11) is 0. The van der Waals surface area contributed by atoms with Gasteiger partial charge in [0, 0.05) is 24.5 Å². The van der Waals surface area contributed by atoms with E-state index < -0.39 is 0 Å². The van der Waals surface area contributed by atoms with Crippen LogP contribution in [0.1, 0.15) is 32.0 Å². The number of halogens is 1. The van der Waals surface area contributed by atoms with Crippen molar-refractivity contribution < 1.29 is 4.74 Å². The Morgan fingerprint density at radius 2 is 2.28 bits per heavy atom. The van der Waals surface area contributed by atoms with Gasteiger partial charge >= 0.3 is 0 Å². The first-order valence-corrected chi connectivity index (χ1v) is 7.09. The third-order valence-corrected chi connectivity index (χ3v) is 3.55. The van der Waals surface area contributed by atoms with E-state index in [2.05, 4.69) is 14.9 Å². The van der Waals surface area contributed by atoms with Crippen LogP contribution in [0.2, 0.25) is 0 Å². The van der Waals surface area contributed by atoms with Crippen molar-refractivity contribution in [3.8, 4) is 5.88 Å². The first-order valence-electron chi connectivity index (χ1n) is 6.55. The summed E-state index contributed by atoms with van der Waals surface area (Å²) >= 11 is 6.05. The lowest BCUT2D eigenvalue weighted by atomic mass is 10.0. The molecule has 2 heterocycles. The van der Waals surface area contributed by atoms with E-state index >= 15 is 0 Å². The first kappa shape index (κ1) is 13.4. The maximum Gasteiger partial charge on any atom is 0.218 e. The SMILES string of the molecule is CCOc1cc(N2CCCCC2CCl)nc(C)n1. The molecule has 5 heteroatoms. The minimum Gasteiger partial charge on any atom is -0.478 e. The zero-order valence-electron chi connectivity index (χ0n) is 11.0. The van der Waals surface area contributed by atoms with Crippen LogP contribution in [0.25, 0.3) is 0 Å². The second-order valence-electron chi connectivity index (χ2n) is 4.54. The van der Waals surface area contributed by atoms with Crippen molar-refractivity contribution >= 4 is 17.4 Å². The van der Waals surface area contributed by atoms with E-state index in [9.17, 15) is 0 Å². The Kier molecular flexibility index (Phi) is 4.64. The van der Waals surface area contributed by atoms with E-state index in [-0.39, 0.29) is 0 Å². The number of aryl methyl sites for hydroxylation is 1. The fraction of sp³-hybridized carbons (Fsp3) is 0.692. The molecule has 1 aromatic rings. The molecule has 0 aliphatic carbocycles. The van der Waals surface area contributed by atoms with Crippen LogP contribution < -0.4 is 9.64 Å². The number of aromatic nitrogens is 2. The molecule has 1 aromatic heterocycles. The van der Waals surface area contributed by atoms with Crippen LogP contribution in [0.3, 0.4) is 0 Å². The summed E-state index contributed by atoms with van der Waals surface area (Å²) in [6.07, 6.45) is 3.58. The van der Waals surface area contributed by atoms with Gasteiger partial charge in [-0.15, -0.1) is 11.6 Å². The highest BCUT2D eigenvalue weighted by Crippen LogP contribution is 2.26. The molecule has 0 saturated carbocycles. The van der Waals surface area contributed by atoms with Crippen LogP contribution in [0.4, 0.5) is 5.82 Å². The van der Waals surface area contributed by atoms with Crippen molar-refractivity contribution in [2.45, 2.75) is 39.2 Å². The topological polar surface area (TPSA) is 38.2 Å². The Morgan fingerprint density at radius 1 is 1.44 bits per heavy atom. The van der Waals surface area contributed by atoms with Gasteiger partial charge in [-0.2, -0.15) is 4.98 Å². The molecule has 0 spiro atoms. The highest BCUT2D eigenvalue weighted by Gasteiger charge is 2.23. The predicted octanol–water partition coefficient (Wildman–Crippen LogP) is 2.78. The quantitative estimate of drug-likeness (QED) is 0.788. The third kappa shape index (κ3) is 3.05. The molecule has 1 aliphatic rings. The summed E-state index contributed by atoms with van der Waals surface area (Å²) < 4.78 is 5.48. The summed E-state index contributed by atoms with van der Waals surface area (Å²) in [6, 6.07) is 2.30. The molecule has 1 unspecified atom stereocenters. The lowest BCUT2D eigenvalue weighted by Crippen LogP contribution is -2.41. The minimum atomic E-state index is 0.379. The second-order valence-corrected chi connectivity index (χ2v) is 4.85. The number of hydrogen-bond donors (Lipinski definition) is 0. The number of nitrogens with zero attached hydrogens (tertiary/aromatic N) is 3. The molecule has 2 rings (SSSR count). The normalized spacial score (nSPS) is 19.9. The number of hydrogen-bond acceptors (Lipinski definition) is 4. The Hall–Kier alpha value is -1.03. The minimum absolute atomic E-state index is 0.379. The molecule has 0 amide bonds. The molecular formula is C13H20ClN3O. The molecule has 4 nitrogen and oxygen atoms in total. The fourth-order valence-corrected chi connectivity index (χ4v) is 2.68. The molecule has 0 bridgehead atoms. The number of rotatable bonds is 4. The largest absolute Gasteiger partial charge is 0.478 e. The van der Waals surface area contributed by atoms with Crippen molar-refractivity contribution in [1.29, 1.82) is 0 Å². The summed E-state index contributed by atoms with van der Waals surface area (Å²) in [4.78, 5) is 11.1. The molecule has 18 heavy (non-hydrogen) atoms. The first-order chi connectivity index (χ1) is 8.74. The van der Waals surface area contributed by atoms with Crippen LogP contribution in [0.5, 0.6) is 5.88 Å². The highest BCUT2D eigenvalue weighted by atomic mass is 35.5. The number of ether oxygens (including phenoxy) is 1. The molecule has 0 N–H and O–H groups in total. The van der Waals surface area contributed by atoms with E-state index in [0.29, 0.717) is 24.4 Å². The highest BCUT2D eigenvalue weighted by molar-refractivity contribution is 6.18. The monoisotopic (exact) mass is 269 g/mol. The maximum atomic E-state index is 6.05. The van der Waals surface area contributed by atoms with Gasteiger partial charge in [0.25, 0.3) is 0 Å². The summed E-state index contributed by atoms with van der Waals surface area (Å²) in [6.45, 7) is 5.49. The van der Waals surface area contributed by atoms with Gasteiger partial charge < -0.3 is 9.64 Å². The van der Waals surface area contributed by atoms with Crippen LogP contribution in [0.15, 0.2) is 6.07 Å². The van der Waals surface area contributed by atoms with Crippen molar-refractivity contribution in [2.24, 2.45) is 0 Å². The lowest BCUT2D eigenvalue weighted by molar-refractivity contribution is 0.325. The van der Waals surface area contributed by atoms with Gasteiger partial charge in [0.2, 0.25) is 5.88 Å². The van der Waals surface area contributed by atoms with Gasteiger partial charge in [-0.1, -0.05) is 0 Å². The van der Waals surface area contributed by atoms with Gasteiger partial charge in [0.1, 0.15) is 11.6 Å². The third-order valence-electron chi connectivity index (χ3n) is 3.19. The van der Waals surface area contributed by atoms with Crippen molar-refractivity contribution in [1.82, 2.24) is 9.97 Å². The van der Waals surface area contributed by atoms with E-state index in [1.807, 2.05) is 19.9 Å². The summed E-state index contributed by atoms with van der Waals surface area (Å²) in [5.41, 5.74) is 0. The summed E-state index contributed by atoms with van der Waals surface area (Å²) in [5.74, 6) is 2.98. The molecule has 1 saturated heterocycles. The number of anilines is 1. The Bertz CT molecular complexity index is 400. The van der Waals surface area contributed by atoms with Gasteiger partial charge in [-0.05, 0) is 33.1 Å². The van der Waals surface area contributed by atoms with Gasteiger partial charge in [-0.3, -0.25) is 0 Å². The second kappa shape index (κ2) is 6.23. The van der Waals surface area contributed by atoms with Gasteiger partial charge in [0.15, 0.2) is 0 Å². The van der Waals surface area contributed by atoms with Crippen LogP contribution >= 0.6 is 11.6 Å². The van der Waals surface area contributed by atoms with E-state index in [1.165, 1.54) is 12.8 Å². The smallest absolute Gasteiger partial charge is 0.218 e. The number of piperidine rings is 1. The van der Waals surface area contributed by atoms with E-state index in [1.54, 1.807) is 0 Å². The maximum absolute atomic E-state index is 6.05. The average molecular weight is 270 g/mol. The molecule has 100 valence electrons. The zero-order valence-corrected chi connectivity index (χ0v) is 11.8. The van der Waals surface area contributed by atoms with Crippen molar-refractivity contribution in [2.75, 3.05) is 23.9 Å². The molecule has 0 aromatic carbocycles. The molecule has 0 radical (unpaired) electrons. The predicted molar refractivity (Wildman–Crippen MR) is 73.6 cm³/mol. The van der Waals surface area contributed by atoms with E-state index in [0.717, 1.165) is 24.6 Å². The lowest BCUT2D eigenvalue weighted by Gasteiger charge is -2.35. The number of alkyl halides is 1. The molecule has 1 atom stereocenters. The molecular weight excluding hydrogens is 250 g/mol. The Labute approximate surface area is 113 Å². The average Bonchev–Trinajstić information content (AvgIpc) is 2.38. The Morgan fingerprint density at radius 3 is 3.00 bits per heavy atom. The standard InChI is InChI=1S/C13H20ClN3O/c1-3-18-13-8-12(15-10(2)16-13)17-7-5-4-6-11(17)9-14/h8,11H,3-7,9H2,1-2H3. The zero-order chi connectivity index (χ0) is 13.0. The van der Waals surface area contributed by atoms with Crippen LogP contribution in [-0.4, -0.2) is 35.0 Å². The van der Waals surface area contributed by atoms with Gasteiger partial charge in [0.05, 0.1) is 6.61 Å². The molecule has 1 fully saturated rings. The van der Waals surface area contributed by atoms with E-state index in [4.69, 9.17) is 16.3 Å². The van der Waals surface area contributed by atoms with Crippen molar-refractivity contribution in [3.05, 3.63) is 11.9 Å². The van der Waals surface area contributed by atoms with Crippen LogP contribution in [-0.2, 0) is 0 Å².